The van der Waals surface area contributed by atoms with Gasteiger partial charge >= 0.3 is 0 Å². The molecule has 1 aromatic heterocycles. The summed E-state index contributed by atoms with van der Waals surface area (Å²) in [5.74, 6) is 0. The van der Waals surface area contributed by atoms with Gasteiger partial charge in [-0.15, -0.1) is 11.3 Å². The average Bonchev–Trinajstić information content (AvgIpc) is 2.75. The Labute approximate surface area is 106 Å². The highest BCUT2D eigenvalue weighted by atomic mass is 32.1. The molecule has 0 saturated heterocycles. The minimum Gasteiger partial charge on any atom is -0.388 e. The van der Waals surface area contributed by atoms with Crippen molar-refractivity contribution in [1.29, 1.82) is 0 Å². The van der Waals surface area contributed by atoms with E-state index >= 15 is 0 Å². The van der Waals surface area contributed by atoms with E-state index in [1.54, 1.807) is 11.3 Å². The van der Waals surface area contributed by atoms with Gasteiger partial charge in [-0.3, -0.25) is 0 Å². The number of nitrogens with zero attached hydrogens (tertiary/aromatic N) is 1. The lowest BCUT2D eigenvalue weighted by atomic mass is 10.0. The van der Waals surface area contributed by atoms with Crippen LogP contribution in [0.25, 0.3) is 0 Å². The molecule has 2 aromatic rings. The van der Waals surface area contributed by atoms with Gasteiger partial charge in [0.05, 0.1) is 16.8 Å². The molecule has 1 atom stereocenters. The lowest BCUT2D eigenvalue weighted by Gasteiger charge is -2.09. The smallest absolute Gasteiger partial charge is 0.0897 e. The maximum absolute atomic E-state index is 10.1. The summed E-state index contributed by atoms with van der Waals surface area (Å²) >= 11 is 1.63. The number of rotatable bonds is 4. The van der Waals surface area contributed by atoms with E-state index in [2.05, 4.69) is 24.0 Å². The highest BCUT2D eigenvalue weighted by molar-refractivity contribution is 7.09. The average molecular weight is 247 g/mol. The van der Waals surface area contributed by atoms with Gasteiger partial charge in [0, 0.05) is 11.8 Å². The summed E-state index contributed by atoms with van der Waals surface area (Å²) in [7, 11) is 0. The number of aromatic nitrogens is 1. The number of aliphatic hydroxyl groups excluding tert-OH is 1. The quantitative estimate of drug-likeness (QED) is 0.899. The minimum absolute atomic E-state index is 0.456. The van der Waals surface area contributed by atoms with E-state index in [1.165, 1.54) is 5.56 Å². The van der Waals surface area contributed by atoms with Crippen LogP contribution in [0.3, 0.4) is 0 Å². The van der Waals surface area contributed by atoms with Crippen molar-refractivity contribution in [2.24, 2.45) is 0 Å². The van der Waals surface area contributed by atoms with Gasteiger partial charge in [0.15, 0.2) is 0 Å². The molecule has 0 aliphatic carbocycles. The zero-order valence-corrected chi connectivity index (χ0v) is 11.0. The molecule has 1 aromatic carbocycles. The van der Waals surface area contributed by atoms with Gasteiger partial charge < -0.3 is 5.11 Å². The fraction of sp³-hybridized carbons (Fsp3) is 0.357. The van der Waals surface area contributed by atoms with Crippen LogP contribution in [-0.4, -0.2) is 10.1 Å². The van der Waals surface area contributed by atoms with Crippen LogP contribution in [0.5, 0.6) is 0 Å². The van der Waals surface area contributed by atoms with Crippen molar-refractivity contribution < 1.29 is 5.11 Å². The SMILES string of the molecule is CCc1ccc(C(O)Cc2csc(C)n2)cc1. The molecule has 0 saturated carbocycles. The van der Waals surface area contributed by atoms with E-state index in [4.69, 9.17) is 0 Å². The van der Waals surface area contributed by atoms with Crippen molar-refractivity contribution >= 4 is 11.3 Å². The second-order valence-corrected chi connectivity index (χ2v) is 5.24. The van der Waals surface area contributed by atoms with E-state index in [-0.39, 0.29) is 0 Å². The maximum atomic E-state index is 10.1. The molecule has 17 heavy (non-hydrogen) atoms. The highest BCUT2D eigenvalue weighted by Gasteiger charge is 2.10. The fourth-order valence-electron chi connectivity index (χ4n) is 1.79. The summed E-state index contributed by atoms with van der Waals surface area (Å²) in [6.07, 6.45) is 1.17. The summed E-state index contributed by atoms with van der Waals surface area (Å²) in [6.45, 7) is 4.11. The summed E-state index contributed by atoms with van der Waals surface area (Å²) in [5.41, 5.74) is 3.23. The first-order valence-electron chi connectivity index (χ1n) is 5.87. The van der Waals surface area contributed by atoms with Gasteiger partial charge in [-0.25, -0.2) is 4.98 Å². The molecule has 3 heteroatoms. The zero-order chi connectivity index (χ0) is 12.3. The normalized spacial score (nSPS) is 12.6. The molecule has 0 radical (unpaired) electrons. The third-order valence-electron chi connectivity index (χ3n) is 2.84. The van der Waals surface area contributed by atoms with E-state index in [1.807, 2.05) is 24.4 Å². The fourth-order valence-corrected chi connectivity index (χ4v) is 2.42. The van der Waals surface area contributed by atoms with E-state index in [0.717, 1.165) is 22.7 Å². The second-order valence-electron chi connectivity index (χ2n) is 4.17. The molecule has 2 nitrogen and oxygen atoms in total. The van der Waals surface area contributed by atoms with Crippen LogP contribution in [0.4, 0.5) is 0 Å². The predicted octanol–water partition coefficient (Wildman–Crippen LogP) is 3.29. The topological polar surface area (TPSA) is 33.1 Å². The number of hydrogen-bond donors (Lipinski definition) is 1. The van der Waals surface area contributed by atoms with Crippen molar-refractivity contribution in [1.82, 2.24) is 4.98 Å². The van der Waals surface area contributed by atoms with E-state index < -0.39 is 6.10 Å². The molecule has 90 valence electrons. The Kier molecular flexibility index (Phi) is 3.92. The Morgan fingerprint density at radius 3 is 2.53 bits per heavy atom. The molecule has 2 rings (SSSR count). The van der Waals surface area contributed by atoms with E-state index in [9.17, 15) is 5.11 Å². The maximum Gasteiger partial charge on any atom is 0.0897 e. The highest BCUT2D eigenvalue weighted by Crippen LogP contribution is 2.20. The molecule has 1 unspecified atom stereocenters. The van der Waals surface area contributed by atoms with Gasteiger partial charge in [-0.2, -0.15) is 0 Å². The van der Waals surface area contributed by atoms with Crippen molar-refractivity contribution in [3.8, 4) is 0 Å². The Morgan fingerprint density at radius 1 is 1.29 bits per heavy atom. The van der Waals surface area contributed by atoms with Gasteiger partial charge in [0.25, 0.3) is 0 Å². The van der Waals surface area contributed by atoms with Crippen molar-refractivity contribution in [2.45, 2.75) is 32.8 Å². The minimum atomic E-state index is -0.456. The Bertz CT molecular complexity index is 475. The van der Waals surface area contributed by atoms with Crippen LogP contribution in [0, 0.1) is 6.92 Å². The van der Waals surface area contributed by atoms with Crippen LogP contribution < -0.4 is 0 Å². The van der Waals surface area contributed by atoms with Gasteiger partial charge in [-0.1, -0.05) is 31.2 Å². The predicted molar refractivity (Wildman–Crippen MR) is 71.3 cm³/mol. The molecule has 0 fully saturated rings. The summed E-state index contributed by atoms with van der Waals surface area (Å²) in [5, 5.41) is 13.2. The summed E-state index contributed by atoms with van der Waals surface area (Å²) in [4.78, 5) is 4.37. The van der Waals surface area contributed by atoms with Gasteiger partial charge in [-0.05, 0) is 24.5 Å². The van der Waals surface area contributed by atoms with Crippen molar-refractivity contribution in [3.05, 3.63) is 51.5 Å². The number of aryl methyl sites for hydroxylation is 2. The third-order valence-corrected chi connectivity index (χ3v) is 3.66. The molecule has 0 bridgehead atoms. The Balaban J connectivity index is 2.06. The van der Waals surface area contributed by atoms with Crippen LogP contribution in [0.1, 0.15) is 34.9 Å². The molecule has 0 amide bonds. The summed E-state index contributed by atoms with van der Waals surface area (Å²) < 4.78 is 0. The van der Waals surface area contributed by atoms with E-state index in [0.29, 0.717) is 6.42 Å². The van der Waals surface area contributed by atoms with Crippen molar-refractivity contribution in [3.63, 3.8) is 0 Å². The number of hydrogen-bond acceptors (Lipinski definition) is 3. The second kappa shape index (κ2) is 5.43. The number of benzene rings is 1. The Hall–Kier alpha value is -1.19. The first kappa shape index (κ1) is 12.3. The third kappa shape index (κ3) is 3.14. The number of aliphatic hydroxyl groups is 1. The lowest BCUT2D eigenvalue weighted by Crippen LogP contribution is -2.02. The lowest BCUT2D eigenvalue weighted by molar-refractivity contribution is 0.177. The molecule has 0 aliphatic rings. The van der Waals surface area contributed by atoms with Gasteiger partial charge in [0.1, 0.15) is 0 Å². The molecule has 1 heterocycles. The van der Waals surface area contributed by atoms with Crippen LogP contribution in [0.2, 0.25) is 0 Å². The first-order chi connectivity index (χ1) is 8.19. The standard InChI is InChI=1S/C14H17NOS/c1-3-11-4-6-12(7-5-11)14(16)8-13-9-17-10(2)15-13/h4-7,9,14,16H,3,8H2,1-2H3. The van der Waals surface area contributed by atoms with Crippen LogP contribution in [0.15, 0.2) is 29.6 Å². The molecule has 0 spiro atoms. The molecule has 0 aliphatic heterocycles. The zero-order valence-electron chi connectivity index (χ0n) is 10.2. The van der Waals surface area contributed by atoms with Crippen LogP contribution in [-0.2, 0) is 12.8 Å². The largest absolute Gasteiger partial charge is 0.388 e. The number of thiazole rings is 1. The summed E-state index contributed by atoms with van der Waals surface area (Å²) in [6, 6.07) is 8.15. The molecular weight excluding hydrogens is 230 g/mol. The first-order valence-corrected chi connectivity index (χ1v) is 6.75. The van der Waals surface area contributed by atoms with Crippen molar-refractivity contribution in [2.75, 3.05) is 0 Å². The van der Waals surface area contributed by atoms with Gasteiger partial charge in [0.2, 0.25) is 0 Å². The molecular formula is C14H17NOS. The molecule has 1 N–H and O–H groups in total. The Morgan fingerprint density at radius 2 is 2.00 bits per heavy atom. The monoisotopic (exact) mass is 247 g/mol. The van der Waals surface area contributed by atoms with Crippen LogP contribution >= 0.6 is 11.3 Å².